The van der Waals surface area contributed by atoms with Gasteiger partial charge >= 0.3 is 0 Å². The Morgan fingerprint density at radius 3 is 2.74 bits per heavy atom. The van der Waals surface area contributed by atoms with Gasteiger partial charge in [-0.05, 0) is 18.1 Å². The minimum Gasteiger partial charge on any atom is -0.387 e. The number of imidazole rings is 1. The highest BCUT2D eigenvalue weighted by Gasteiger charge is 2.47. The number of likely N-dealkylation sites (N-methyl/N-ethyl adjacent to an activating group) is 1. The van der Waals surface area contributed by atoms with E-state index in [9.17, 15) is 24.2 Å². The van der Waals surface area contributed by atoms with Crippen molar-refractivity contribution in [3.8, 4) is 11.8 Å². The second kappa shape index (κ2) is 9.58. The summed E-state index contributed by atoms with van der Waals surface area (Å²) in [6.45, 7) is 0.00122. The third-order valence-electron chi connectivity index (χ3n) is 5.30. The Bertz CT molecular complexity index is 1340. The number of nitrogens with two attached hydrogens (primary N) is 1. The fourth-order valence-corrected chi connectivity index (χ4v) is 3.46. The number of nitrogens with zero attached hydrogens (tertiary/aromatic N) is 6. The molecule has 0 spiro atoms. The summed E-state index contributed by atoms with van der Waals surface area (Å²) in [6, 6.07) is 2.40. The summed E-state index contributed by atoms with van der Waals surface area (Å²) in [6.07, 6.45) is -2.95. The molecule has 35 heavy (non-hydrogen) atoms. The maximum absolute atomic E-state index is 13.0. The molecule has 4 atom stereocenters. The number of rotatable bonds is 4. The molecule has 0 unspecified atom stereocenters. The zero-order chi connectivity index (χ0) is 25.3. The molecule has 1 fully saturated rings. The van der Waals surface area contributed by atoms with E-state index in [0.717, 1.165) is 12.3 Å². The van der Waals surface area contributed by atoms with E-state index in [-0.39, 0.29) is 34.9 Å². The summed E-state index contributed by atoms with van der Waals surface area (Å²) >= 11 is 0. The average molecular weight is 484 g/mol. The lowest BCUT2D eigenvalue weighted by atomic mass is 10.1. The van der Waals surface area contributed by atoms with E-state index in [2.05, 4.69) is 37.1 Å². The summed E-state index contributed by atoms with van der Waals surface area (Å²) in [7, 11) is 2.89. The van der Waals surface area contributed by atoms with Crippen molar-refractivity contribution < 1.29 is 28.9 Å². The van der Waals surface area contributed by atoms with Gasteiger partial charge in [0.1, 0.15) is 17.7 Å². The molecule has 0 aliphatic carbocycles. The second-order valence-corrected chi connectivity index (χ2v) is 7.63. The van der Waals surface area contributed by atoms with Crippen molar-refractivity contribution in [1.29, 1.82) is 0 Å². The number of hydrogen-bond donors (Lipinski definition) is 4. The highest BCUT2D eigenvalue weighted by Crippen LogP contribution is 2.32. The van der Waals surface area contributed by atoms with Crippen LogP contribution in [0, 0.1) is 17.8 Å². The topological polar surface area (TPSA) is 182 Å². The van der Waals surface area contributed by atoms with Crippen molar-refractivity contribution in [2.45, 2.75) is 24.5 Å². The van der Waals surface area contributed by atoms with Crippen LogP contribution in [0.25, 0.3) is 11.2 Å². The van der Waals surface area contributed by atoms with Crippen molar-refractivity contribution in [3.63, 3.8) is 0 Å². The molecule has 4 heterocycles. The largest absolute Gasteiger partial charge is 0.387 e. The molecule has 1 saturated heterocycles. The molecule has 1 aliphatic heterocycles. The van der Waals surface area contributed by atoms with E-state index in [0.29, 0.717) is 0 Å². The number of nitrogen functional groups attached to an aromatic ring is 1. The van der Waals surface area contributed by atoms with Crippen LogP contribution < -0.4 is 11.1 Å². The summed E-state index contributed by atoms with van der Waals surface area (Å²) in [4.78, 5) is 41.6. The van der Waals surface area contributed by atoms with Gasteiger partial charge in [-0.2, -0.15) is 4.39 Å². The molecule has 14 heteroatoms. The van der Waals surface area contributed by atoms with Gasteiger partial charge in [0.25, 0.3) is 11.8 Å². The number of ether oxygens (including phenoxy) is 1. The lowest BCUT2D eigenvalue weighted by molar-refractivity contribution is -0.137. The maximum atomic E-state index is 13.0. The number of hydrogen-bond acceptors (Lipinski definition) is 10. The van der Waals surface area contributed by atoms with Gasteiger partial charge in [0.05, 0.1) is 18.4 Å². The first-order chi connectivity index (χ1) is 16.7. The summed E-state index contributed by atoms with van der Waals surface area (Å²) in [5, 5.41) is 23.0. The number of aliphatic hydroxyl groups is 2. The van der Waals surface area contributed by atoms with E-state index in [1.807, 2.05) is 0 Å². The molecule has 0 aromatic carbocycles. The highest BCUT2D eigenvalue weighted by atomic mass is 19.1. The minimum atomic E-state index is -1.47. The summed E-state index contributed by atoms with van der Waals surface area (Å²) in [5.74, 6) is 3.79. The average Bonchev–Trinajstić information content (AvgIpc) is 3.39. The van der Waals surface area contributed by atoms with E-state index < -0.39 is 42.3 Å². The van der Waals surface area contributed by atoms with Crippen LogP contribution in [0.3, 0.4) is 0 Å². The van der Waals surface area contributed by atoms with Crippen molar-refractivity contribution in [3.05, 3.63) is 42.0 Å². The Hall–Kier alpha value is -4.19. The predicted octanol–water partition coefficient (Wildman–Crippen LogP) is -1.57. The first-order valence-corrected chi connectivity index (χ1v) is 10.3. The van der Waals surface area contributed by atoms with Crippen molar-refractivity contribution in [2.75, 3.05) is 26.4 Å². The molecule has 5 N–H and O–H groups in total. The van der Waals surface area contributed by atoms with Crippen LogP contribution in [-0.2, 0) is 9.53 Å². The van der Waals surface area contributed by atoms with E-state index >= 15 is 0 Å². The van der Waals surface area contributed by atoms with Crippen LogP contribution >= 0.6 is 0 Å². The zero-order valence-corrected chi connectivity index (χ0v) is 18.6. The van der Waals surface area contributed by atoms with Crippen molar-refractivity contribution in [2.24, 2.45) is 0 Å². The Balaban J connectivity index is 1.56. The molecule has 0 bridgehead atoms. The number of halogens is 1. The smallest absolute Gasteiger partial charge is 0.255 e. The SMILES string of the molecule is CNC(=O)[C@H]1O[C@@H](n2cnc3c(N)nc(C#CCN(C)C(=O)c4ccc(F)nc4)nc32)[C@H](O)[C@@H]1O. The summed E-state index contributed by atoms with van der Waals surface area (Å²) < 4.78 is 19.8. The fourth-order valence-electron chi connectivity index (χ4n) is 3.46. The maximum Gasteiger partial charge on any atom is 0.255 e. The number of pyridine rings is 1. The van der Waals surface area contributed by atoms with Crippen LogP contribution in [0.2, 0.25) is 0 Å². The standard InChI is InChI=1S/C21H21FN8O5/c1-24-19(33)16-14(31)15(32)21(35-16)30-9-26-13-17(23)27-12(28-18(13)30)4-3-7-29(2)20(34)10-5-6-11(22)25-8-10/h5-6,8-9,14-16,21,31-32H,7H2,1-2H3,(H,24,33)(H2,23,27,28)/t14-,15+,16-,21+/m0/s1. The molecule has 182 valence electrons. The van der Waals surface area contributed by atoms with Gasteiger partial charge in [-0.15, -0.1) is 0 Å². The molecule has 13 nitrogen and oxygen atoms in total. The minimum absolute atomic E-state index is 0.00122. The number of nitrogens with one attached hydrogen (secondary N) is 1. The Morgan fingerprint density at radius 1 is 1.29 bits per heavy atom. The highest BCUT2D eigenvalue weighted by molar-refractivity contribution is 5.93. The molecule has 0 saturated carbocycles. The van der Waals surface area contributed by atoms with E-state index in [1.54, 1.807) is 0 Å². The fraction of sp³-hybridized carbons (Fsp3) is 0.333. The predicted molar refractivity (Wildman–Crippen MR) is 118 cm³/mol. The third-order valence-corrected chi connectivity index (χ3v) is 5.30. The first-order valence-electron chi connectivity index (χ1n) is 10.3. The van der Waals surface area contributed by atoms with Gasteiger partial charge in [0.2, 0.25) is 11.8 Å². The lowest BCUT2D eigenvalue weighted by Gasteiger charge is -2.16. The van der Waals surface area contributed by atoms with Crippen LogP contribution in [0.1, 0.15) is 22.4 Å². The van der Waals surface area contributed by atoms with Crippen LogP contribution in [0.15, 0.2) is 24.7 Å². The van der Waals surface area contributed by atoms with Crippen LogP contribution in [0.4, 0.5) is 10.2 Å². The molecule has 3 aromatic heterocycles. The number of anilines is 1. The molecular weight excluding hydrogens is 463 g/mol. The zero-order valence-electron chi connectivity index (χ0n) is 18.6. The van der Waals surface area contributed by atoms with Gasteiger partial charge < -0.3 is 30.9 Å². The molecule has 4 rings (SSSR count). The van der Waals surface area contributed by atoms with E-state index in [4.69, 9.17) is 10.5 Å². The lowest BCUT2D eigenvalue weighted by Crippen LogP contribution is -2.41. The number of fused-ring (bicyclic) bond motifs is 1. The van der Waals surface area contributed by atoms with Gasteiger partial charge in [-0.3, -0.25) is 14.2 Å². The molecule has 2 amide bonds. The Kier molecular flexibility index (Phi) is 6.56. The number of carbonyl (C=O) groups excluding carboxylic acids is 2. The molecular formula is C21H21FN8O5. The van der Waals surface area contributed by atoms with Gasteiger partial charge in [-0.1, -0.05) is 5.92 Å². The number of aliphatic hydroxyl groups excluding tert-OH is 2. The Morgan fingerprint density at radius 2 is 2.06 bits per heavy atom. The summed E-state index contributed by atoms with van der Waals surface area (Å²) in [5.41, 5.74) is 6.56. The number of amides is 2. The van der Waals surface area contributed by atoms with Crippen LogP contribution in [-0.4, -0.2) is 90.4 Å². The van der Waals surface area contributed by atoms with Gasteiger partial charge in [0.15, 0.2) is 23.8 Å². The van der Waals surface area contributed by atoms with Crippen LogP contribution in [0.5, 0.6) is 0 Å². The number of carbonyl (C=O) groups is 2. The second-order valence-electron chi connectivity index (χ2n) is 7.63. The van der Waals surface area contributed by atoms with Gasteiger partial charge in [-0.25, -0.2) is 19.9 Å². The first kappa shape index (κ1) is 24.0. The van der Waals surface area contributed by atoms with Crippen molar-refractivity contribution in [1.82, 2.24) is 34.7 Å². The third kappa shape index (κ3) is 4.60. The van der Waals surface area contributed by atoms with Gasteiger partial charge in [0, 0.05) is 20.3 Å². The molecule has 0 radical (unpaired) electrons. The quantitative estimate of drug-likeness (QED) is 0.249. The molecule has 1 aliphatic rings. The Labute approximate surface area is 197 Å². The van der Waals surface area contributed by atoms with Crippen molar-refractivity contribution >= 4 is 28.8 Å². The normalized spacial score (nSPS) is 21.4. The monoisotopic (exact) mass is 484 g/mol. The molecule has 3 aromatic rings. The number of aromatic nitrogens is 5. The van der Waals surface area contributed by atoms with E-state index in [1.165, 1.54) is 36.0 Å².